The third-order valence-electron chi connectivity index (χ3n) is 3.35. The van der Waals surface area contributed by atoms with Crippen molar-refractivity contribution in [3.63, 3.8) is 0 Å². The number of pyridine rings is 1. The Labute approximate surface area is 157 Å². The Morgan fingerprint density at radius 1 is 1.36 bits per heavy atom. The van der Waals surface area contributed by atoms with E-state index in [0.29, 0.717) is 0 Å². The van der Waals surface area contributed by atoms with Crippen molar-refractivity contribution in [1.82, 2.24) is 4.98 Å². The van der Waals surface area contributed by atoms with Crippen LogP contribution in [0.5, 0.6) is 5.75 Å². The molecule has 0 aliphatic rings. The van der Waals surface area contributed by atoms with E-state index in [4.69, 9.17) is 19.6 Å². The molecule has 0 radical (unpaired) electrons. The molecule has 12 nitrogen and oxygen atoms in total. The lowest BCUT2D eigenvalue weighted by Crippen LogP contribution is -2.23. The number of primary amides is 1. The Morgan fingerprint density at radius 3 is 2.68 bits per heavy atom. The Morgan fingerprint density at radius 2 is 2.07 bits per heavy atom. The second-order valence-corrected chi connectivity index (χ2v) is 5.24. The first-order valence-electron chi connectivity index (χ1n) is 7.88. The molecule has 28 heavy (non-hydrogen) atoms. The zero-order chi connectivity index (χ0) is 20.8. The molecule has 12 heteroatoms. The second kappa shape index (κ2) is 8.62. The van der Waals surface area contributed by atoms with Gasteiger partial charge in [-0.2, -0.15) is 0 Å². The van der Waals surface area contributed by atoms with E-state index < -0.39 is 35.1 Å². The van der Waals surface area contributed by atoms with Crippen LogP contribution in [0.4, 0.5) is 11.7 Å². The molecule has 2 amide bonds. The number of esters is 1. The van der Waals surface area contributed by atoms with Crippen molar-refractivity contribution in [3.05, 3.63) is 45.3 Å². The first kappa shape index (κ1) is 20.4. The molecule has 148 valence electrons. The van der Waals surface area contributed by atoms with Gasteiger partial charge < -0.3 is 29.7 Å². The highest BCUT2D eigenvalue weighted by atomic mass is 16.6. The summed E-state index contributed by atoms with van der Waals surface area (Å²) in [6.07, 6.45) is 1.20. The van der Waals surface area contributed by atoms with Gasteiger partial charge in [-0.05, 0) is 35.9 Å². The van der Waals surface area contributed by atoms with E-state index in [2.05, 4.69) is 10.3 Å². The number of furan rings is 1. The molecule has 2 aromatic rings. The first-order valence-corrected chi connectivity index (χ1v) is 7.88. The number of nitrogens with two attached hydrogens (primary N) is 1. The largest absolute Gasteiger partial charge is 0.476 e. The molecule has 0 aromatic carbocycles. The van der Waals surface area contributed by atoms with Crippen molar-refractivity contribution in [2.45, 2.75) is 13.8 Å². The van der Waals surface area contributed by atoms with Gasteiger partial charge in [-0.3, -0.25) is 14.9 Å². The van der Waals surface area contributed by atoms with Crippen molar-refractivity contribution in [3.8, 4) is 5.75 Å². The van der Waals surface area contributed by atoms with Crippen LogP contribution in [0.3, 0.4) is 0 Å². The molecule has 0 atom stereocenters. The number of ether oxygens (including phenoxy) is 2. The molecular weight excluding hydrogens is 376 g/mol. The SMILES string of the molecule is CCOC(=O)c1c(C)oc(NC(=O)COc2cccnc2[N+](=O)[O-])c1C(N)=O. The molecule has 0 bridgehead atoms. The summed E-state index contributed by atoms with van der Waals surface area (Å²) in [5, 5.41) is 13.1. The highest BCUT2D eigenvalue weighted by Gasteiger charge is 2.29. The molecule has 2 rings (SSSR count). The number of carbonyl (C=O) groups excluding carboxylic acids is 3. The van der Waals surface area contributed by atoms with Crippen LogP contribution >= 0.6 is 0 Å². The van der Waals surface area contributed by atoms with Gasteiger partial charge in [-0.1, -0.05) is 0 Å². The molecular formula is C16H16N4O8. The Bertz CT molecular complexity index is 937. The van der Waals surface area contributed by atoms with Gasteiger partial charge in [0.05, 0.1) is 6.61 Å². The summed E-state index contributed by atoms with van der Waals surface area (Å²) >= 11 is 0. The Hall–Kier alpha value is -3.96. The zero-order valence-electron chi connectivity index (χ0n) is 14.9. The Kier molecular flexibility index (Phi) is 6.26. The number of carbonyl (C=O) groups is 3. The molecule has 2 heterocycles. The lowest BCUT2D eigenvalue weighted by molar-refractivity contribution is -0.390. The number of rotatable bonds is 8. The predicted molar refractivity (Wildman–Crippen MR) is 92.9 cm³/mol. The number of amides is 2. The van der Waals surface area contributed by atoms with E-state index in [1.807, 2.05) is 0 Å². The molecule has 0 aliphatic heterocycles. The smallest absolute Gasteiger partial charge is 0.406 e. The number of hydrogen-bond acceptors (Lipinski definition) is 9. The monoisotopic (exact) mass is 392 g/mol. The molecule has 0 spiro atoms. The van der Waals surface area contributed by atoms with Crippen LogP contribution in [-0.4, -0.2) is 40.9 Å². The van der Waals surface area contributed by atoms with E-state index in [1.54, 1.807) is 6.92 Å². The van der Waals surface area contributed by atoms with Crippen LogP contribution in [0.2, 0.25) is 0 Å². The third-order valence-corrected chi connectivity index (χ3v) is 3.35. The van der Waals surface area contributed by atoms with Crippen LogP contribution < -0.4 is 15.8 Å². The highest BCUT2D eigenvalue weighted by molar-refractivity contribution is 6.10. The van der Waals surface area contributed by atoms with Gasteiger partial charge in [0.1, 0.15) is 23.1 Å². The van der Waals surface area contributed by atoms with E-state index in [0.717, 1.165) is 0 Å². The molecule has 3 N–H and O–H groups in total. The van der Waals surface area contributed by atoms with Gasteiger partial charge in [0, 0.05) is 0 Å². The number of aromatic nitrogens is 1. The number of nitrogens with zero attached hydrogens (tertiary/aromatic N) is 2. The van der Waals surface area contributed by atoms with E-state index in [-0.39, 0.29) is 35.1 Å². The maximum absolute atomic E-state index is 12.1. The normalized spacial score (nSPS) is 10.2. The minimum Gasteiger partial charge on any atom is -0.476 e. The summed E-state index contributed by atoms with van der Waals surface area (Å²) in [4.78, 5) is 49.5. The fourth-order valence-electron chi connectivity index (χ4n) is 2.25. The van der Waals surface area contributed by atoms with Crippen molar-refractivity contribution in [2.75, 3.05) is 18.5 Å². The lowest BCUT2D eigenvalue weighted by Gasteiger charge is -2.07. The van der Waals surface area contributed by atoms with Crippen LogP contribution in [-0.2, 0) is 9.53 Å². The quantitative estimate of drug-likeness (QED) is 0.379. The number of nitro groups is 1. The van der Waals surface area contributed by atoms with Crippen molar-refractivity contribution in [1.29, 1.82) is 0 Å². The molecule has 0 unspecified atom stereocenters. The van der Waals surface area contributed by atoms with E-state index in [1.165, 1.54) is 25.3 Å². The van der Waals surface area contributed by atoms with Crippen molar-refractivity contribution >= 4 is 29.5 Å². The van der Waals surface area contributed by atoms with Gasteiger partial charge in [0.15, 0.2) is 6.61 Å². The van der Waals surface area contributed by atoms with Gasteiger partial charge in [0.25, 0.3) is 11.8 Å². The maximum atomic E-state index is 12.1. The van der Waals surface area contributed by atoms with Crippen LogP contribution in [0.15, 0.2) is 22.7 Å². The minimum absolute atomic E-state index is 0.0198. The summed E-state index contributed by atoms with van der Waals surface area (Å²) in [7, 11) is 0. The van der Waals surface area contributed by atoms with Gasteiger partial charge in [-0.25, -0.2) is 4.79 Å². The van der Waals surface area contributed by atoms with E-state index >= 15 is 0 Å². The van der Waals surface area contributed by atoms with Gasteiger partial charge in [0.2, 0.25) is 11.6 Å². The molecule has 2 aromatic heterocycles. The topological polar surface area (TPSA) is 177 Å². The summed E-state index contributed by atoms with van der Waals surface area (Å²) in [5.74, 6) is -3.79. The van der Waals surface area contributed by atoms with Gasteiger partial charge in [-0.15, -0.1) is 0 Å². The lowest BCUT2D eigenvalue weighted by atomic mass is 10.1. The zero-order valence-corrected chi connectivity index (χ0v) is 14.9. The third kappa shape index (κ3) is 4.41. The summed E-state index contributed by atoms with van der Waals surface area (Å²) in [5.41, 5.74) is 4.73. The fourth-order valence-corrected chi connectivity index (χ4v) is 2.25. The summed E-state index contributed by atoms with van der Waals surface area (Å²) < 4.78 is 15.2. The van der Waals surface area contributed by atoms with Crippen molar-refractivity contribution in [2.24, 2.45) is 5.73 Å². The molecule has 0 fully saturated rings. The van der Waals surface area contributed by atoms with E-state index in [9.17, 15) is 24.5 Å². The molecule has 0 saturated heterocycles. The number of aryl methyl sites for hydroxylation is 1. The minimum atomic E-state index is -1.01. The number of nitrogens with one attached hydrogen (secondary N) is 1. The molecule has 0 saturated carbocycles. The number of anilines is 1. The standard InChI is InChI=1S/C16H16N4O8/c1-3-26-16(23)11-8(2)28-15(12(11)13(17)22)19-10(21)7-27-9-5-4-6-18-14(9)20(24)25/h4-6H,3,7H2,1-2H3,(H2,17,22)(H,19,21). The molecule has 0 aliphatic carbocycles. The van der Waals surface area contributed by atoms with Crippen LogP contribution in [0, 0.1) is 17.0 Å². The summed E-state index contributed by atoms with van der Waals surface area (Å²) in [6, 6.07) is 2.66. The van der Waals surface area contributed by atoms with Crippen LogP contribution in [0.1, 0.15) is 33.4 Å². The predicted octanol–water partition coefficient (Wildman–Crippen LogP) is 1.18. The van der Waals surface area contributed by atoms with Gasteiger partial charge >= 0.3 is 11.8 Å². The highest BCUT2D eigenvalue weighted by Crippen LogP contribution is 2.28. The summed E-state index contributed by atoms with van der Waals surface area (Å²) in [6.45, 7) is 2.37. The van der Waals surface area contributed by atoms with Crippen molar-refractivity contribution < 1.29 is 33.2 Å². The maximum Gasteiger partial charge on any atom is 0.406 e. The second-order valence-electron chi connectivity index (χ2n) is 5.24. The first-order chi connectivity index (χ1) is 13.3. The van der Waals surface area contributed by atoms with Crippen LogP contribution in [0.25, 0.3) is 0 Å². The number of hydrogen-bond donors (Lipinski definition) is 2. The Balaban J connectivity index is 2.18. The fraction of sp³-hybridized carbons (Fsp3) is 0.250. The average Bonchev–Trinajstić information content (AvgIpc) is 2.96. The average molecular weight is 392 g/mol.